The number of rotatable bonds is 7. The molecule has 6 heteroatoms. The van der Waals surface area contributed by atoms with Gasteiger partial charge in [0.25, 0.3) is 0 Å². The van der Waals surface area contributed by atoms with Crippen molar-refractivity contribution in [3.8, 4) is 11.5 Å². The summed E-state index contributed by atoms with van der Waals surface area (Å²) in [4.78, 5) is 11.2. The van der Waals surface area contributed by atoms with E-state index < -0.39 is 0 Å². The fourth-order valence-electron chi connectivity index (χ4n) is 2.77. The zero-order valence-electron chi connectivity index (χ0n) is 15.5. The predicted molar refractivity (Wildman–Crippen MR) is 105 cm³/mol. The van der Waals surface area contributed by atoms with Crippen LogP contribution in [0.4, 0.5) is 0 Å². The second kappa shape index (κ2) is 8.35. The van der Waals surface area contributed by atoms with Crippen molar-refractivity contribution in [1.29, 1.82) is 0 Å². The summed E-state index contributed by atoms with van der Waals surface area (Å²) in [6.45, 7) is 6.31. The smallest absolute Gasteiger partial charge is 0.217 e. The van der Waals surface area contributed by atoms with Gasteiger partial charge in [-0.25, -0.2) is 0 Å². The monoisotopic (exact) mass is 387 g/mol. The van der Waals surface area contributed by atoms with Crippen molar-refractivity contribution in [2.24, 2.45) is 0 Å². The first kappa shape index (κ1) is 19.1. The fraction of sp³-hybridized carbons (Fsp3) is 0.286. The van der Waals surface area contributed by atoms with E-state index >= 15 is 0 Å². The molecule has 1 N–H and O–H groups in total. The number of carbonyl (C=O) groups is 1. The van der Waals surface area contributed by atoms with E-state index in [1.165, 1.54) is 6.92 Å². The Balaban J connectivity index is 1.74. The molecule has 5 nitrogen and oxygen atoms in total. The Hall–Kier alpha value is -2.66. The molecule has 27 heavy (non-hydrogen) atoms. The minimum atomic E-state index is -0.220. The Labute approximate surface area is 163 Å². The maximum atomic E-state index is 11.2. The van der Waals surface area contributed by atoms with E-state index in [-0.39, 0.29) is 11.9 Å². The molecule has 0 saturated heterocycles. The molecule has 1 atom stereocenters. The van der Waals surface area contributed by atoms with Crippen LogP contribution >= 0.6 is 11.6 Å². The molecule has 0 saturated carbocycles. The molecule has 0 bridgehead atoms. The molecule has 0 fully saturated rings. The third-order valence-corrected chi connectivity index (χ3v) is 4.36. The van der Waals surface area contributed by atoms with Crippen molar-refractivity contribution in [3.05, 3.63) is 58.8 Å². The minimum Gasteiger partial charge on any atom is -0.494 e. The molecule has 3 rings (SSSR count). The average Bonchev–Trinajstić information content (AvgIpc) is 3.03. The summed E-state index contributed by atoms with van der Waals surface area (Å²) < 4.78 is 17.1. The van der Waals surface area contributed by atoms with Gasteiger partial charge in [0.2, 0.25) is 5.91 Å². The van der Waals surface area contributed by atoms with Gasteiger partial charge in [-0.05, 0) is 43.7 Å². The third kappa shape index (κ3) is 4.74. The van der Waals surface area contributed by atoms with Gasteiger partial charge in [0.15, 0.2) is 0 Å². The number of nitrogens with one attached hydrogen (secondary N) is 1. The highest BCUT2D eigenvalue weighted by molar-refractivity contribution is 6.32. The highest BCUT2D eigenvalue weighted by Crippen LogP contribution is 2.33. The van der Waals surface area contributed by atoms with E-state index in [0.717, 1.165) is 16.7 Å². The summed E-state index contributed by atoms with van der Waals surface area (Å²) in [5, 5.41) is 4.17. The molecule has 142 valence electrons. The van der Waals surface area contributed by atoms with Gasteiger partial charge in [-0.2, -0.15) is 0 Å². The van der Waals surface area contributed by atoms with Crippen LogP contribution in [0.3, 0.4) is 0 Å². The number of furan rings is 1. The predicted octanol–water partition coefficient (Wildman–Crippen LogP) is 5.26. The molecule has 1 aromatic heterocycles. The van der Waals surface area contributed by atoms with Crippen LogP contribution in [0.15, 0.2) is 46.9 Å². The highest BCUT2D eigenvalue weighted by Gasteiger charge is 2.15. The lowest BCUT2D eigenvalue weighted by Gasteiger charge is -2.09. The van der Waals surface area contributed by atoms with Crippen molar-refractivity contribution in [1.82, 2.24) is 5.32 Å². The summed E-state index contributed by atoms with van der Waals surface area (Å²) in [5.74, 6) is 1.93. The normalized spacial score (nSPS) is 12.0. The SMILES string of the molecule is CCOc1ccc(COc2cc3oc(C(C)NC(C)=O)cc3cc2Cl)cc1. The van der Waals surface area contributed by atoms with E-state index in [0.29, 0.717) is 35.3 Å². The standard InChI is InChI=1S/C21H22ClNO4/c1-4-25-17-7-5-15(6-8-17)12-26-21-11-20-16(9-18(21)22)10-19(27-20)13(2)23-14(3)24/h5-11,13H,4,12H2,1-3H3,(H,23,24). The van der Waals surface area contributed by atoms with E-state index in [1.54, 1.807) is 12.1 Å². The molecule has 0 radical (unpaired) electrons. The maximum Gasteiger partial charge on any atom is 0.217 e. The van der Waals surface area contributed by atoms with E-state index in [4.69, 9.17) is 25.5 Å². The average molecular weight is 388 g/mol. The van der Waals surface area contributed by atoms with Crippen LogP contribution in [0, 0.1) is 0 Å². The molecule has 1 unspecified atom stereocenters. The molecule has 1 heterocycles. The molecular weight excluding hydrogens is 366 g/mol. The lowest BCUT2D eigenvalue weighted by Crippen LogP contribution is -2.23. The quantitative estimate of drug-likeness (QED) is 0.600. The molecular formula is C21H22ClNO4. The van der Waals surface area contributed by atoms with Crippen molar-refractivity contribution in [2.45, 2.75) is 33.4 Å². The summed E-state index contributed by atoms with van der Waals surface area (Å²) in [6, 6.07) is 13.0. The van der Waals surface area contributed by atoms with Crippen LogP contribution in [-0.4, -0.2) is 12.5 Å². The number of carbonyl (C=O) groups excluding carboxylic acids is 1. The highest BCUT2D eigenvalue weighted by atomic mass is 35.5. The molecule has 0 aliphatic carbocycles. The number of ether oxygens (including phenoxy) is 2. The van der Waals surface area contributed by atoms with Crippen LogP contribution in [0.5, 0.6) is 11.5 Å². The van der Waals surface area contributed by atoms with Gasteiger partial charge in [0, 0.05) is 18.4 Å². The number of halogens is 1. The topological polar surface area (TPSA) is 60.7 Å². The van der Waals surface area contributed by atoms with Crippen LogP contribution in [0.1, 0.15) is 38.1 Å². The van der Waals surface area contributed by atoms with Crippen LogP contribution < -0.4 is 14.8 Å². The Bertz CT molecular complexity index is 933. The van der Waals surface area contributed by atoms with E-state index in [1.807, 2.05) is 44.2 Å². The maximum absolute atomic E-state index is 11.2. The van der Waals surface area contributed by atoms with Crippen LogP contribution in [0.25, 0.3) is 11.0 Å². The molecule has 0 spiro atoms. The van der Waals surface area contributed by atoms with Gasteiger partial charge >= 0.3 is 0 Å². The fourth-order valence-corrected chi connectivity index (χ4v) is 3.00. The van der Waals surface area contributed by atoms with E-state index in [2.05, 4.69) is 5.32 Å². The largest absolute Gasteiger partial charge is 0.494 e. The van der Waals surface area contributed by atoms with Gasteiger partial charge in [0.1, 0.15) is 29.4 Å². The number of hydrogen-bond acceptors (Lipinski definition) is 4. The molecule has 0 aliphatic rings. The van der Waals surface area contributed by atoms with Gasteiger partial charge in [-0.3, -0.25) is 4.79 Å². The van der Waals surface area contributed by atoms with Crippen LogP contribution in [-0.2, 0) is 11.4 Å². The van der Waals surface area contributed by atoms with Gasteiger partial charge in [0.05, 0.1) is 17.7 Å². The summed E-state index contributed by atoms with van der Waals surface area (Å²) in [5.41, 5.74) is 1.67. The number of hydrogen-bond donors (Lipinski definition) is 1. The first-order valence-electron chi connectivity index (χ1n) is 8.81. The number of benzene rings is 2. The third-order valence-electron chi connectivity index (χ3n) is 4.07. The zero-order valence-corrected chi connectivity index (χ0v) is 16.3. The van der Waals surface area contributed by atoms with Gasteiger partial charge in [-0.1, -0.05) is 23.7 Å². The van der Waals surface area contributed by atoms with Gasteiger partial charge in [-0.15, -0.1) is 0 Å². The lowest BCUT2D eigenvalue weighted by atomic mass is 10.2. The summed E-state index contributed by atoms with van der Waals surface area (Å²) in [7, 11) is 0. The van der Waals surface area contributed by atoms with E-state index in [9.17, 15) is 4.79 Å². The minimum absolute atomic E-state index is 0.111. The lowest BCUT2D eigenvalue weighted by molar-refractivity contribution is -0.119. The summed E-state index contributed by atoms with van der Waals surface area (Å²) in [6.07, 6.45) is 0. The van der Waals surface area contributed by atoms with Crippen LogP contribution in [0.2, 0.25) is 5.02 Å². The van der Waals surface area contributed by atoms with Crippen molar-refractivity contribution in [2.75, 3.05) is 6.61 Å². The van der Waals surface area contributed by atoms with Crippen molar-refractivity contribution >= 4 is 28.5 Å². The Morgan fingerprint density at radius 3 is 2.59 bits per heavy atom. The second-order valence-electron chi connectivity index (χ2n) is 6.26. The molecule has 1 amide bonds. The zero-order chi connectivity index (χ0) is 19.4. The Morgan fingerprint density at radius 1 is 1.19 bits per heavy atom. The number of amides is 1. The molecule has 3 aromatic rings. The Kier molecular flexibility index (Phi) is 5.91. The van der Waals surface area contributed by atoms with Crippen molar-refractivity contribution in [3.63, 3.8) is 0 Å². The number of fused-ring (bicyclic) bond motifs is 1. The van der Waals surface area contributed by atoms with Crippen molar-refractivity contribution < 1.29 is 18.7 Å². The molecule has 0 aliphatic heterocycles. The van der Waals surface area contributed by atoms with Gasteiger partial charge < -0.3 is 19.2 Å². The Morgan fingerprint density at radius 2 is 1.93 bits per heavy atom. The first-order valence-corrected chi connectivity index (χ1v) is 9.18. The summed E-state index contributed by atoms with van der Waals surface area (Å²) >= 11 is 6.35. The first-order chi connectivity index (χ1) is 13.0. The molecule has 2 aromatic carbocycles. The second-order valence-corrected chi connectivity index (χ2v) is 6.66.